The lowest BCUT2D eigenvalue weighted by Gasteiger charge is -2.14. The number of aryl methyl sites for hydroxylation is 1. The molecule has 2 amide bonds. The third-order valence-corrected chi connectivity index (χ3v) is 3.99. The molecule has 0 saturated heterocycles. The number of nitrogens with one attached hydrogen (secondary N) is 2. The molecule has 1 aromatic carbocycles. The van der Waals surface area contributed by atoms with Gasteiger partial charge in [0.25, 0.3) is 11.8 Å². The van der Waals surface area contributed by atoms with E-state index in [1.165, 1.54) is 0 Å². The van der Waals surface area contributed by atoms with Gasteiger partial charge < -0.3 is 15.4 Å². The van der Waals surface area contributed by atoms with Crippen molar-refractivity contribution in [2.24, 2.45) is 0 Å². The average Bonchev–Trinajstić information content (AvgIpc) is 2.65. The van der Waals surface area contributed by atoms with Crippen LogP contribution in [-0.4, -0.2) is 29.4 Å². The van der Waals surface area contributed by atoms with Crippen LogP contribution >= 0.6 is 11.6 Å². The highest BCUT2D eigenvalue weighted by Crippen LogP contribution is 2.24. The van der Waals surface area contributed by atoms with Crippen LogP contribution in [0.4, 0.5) is 5.69 Å². The van der Waals surface area contributed by atoms with Gasteiger partial charge in [0.05, 0.1) is 11.6 Å². The van der Waals surface area contributed by atoms with Gasteiger partial charge in [-0.2, -0.15) is 5.26 Å². The summed E-state index contributed by atoms with van der Waals surface area (Å²) in [6.07, 6.45) is 0. The normalized spacial score (nSPS) is 11.6. The minimum atomic E-state index is -0.815. The minimum absolute atomic E-state index is 0.0647. The molecule has 1 heterocycles. The second-order valence-corrected chi connectivity index (χ2v) is 6.74. The first-order chi connectivity index (χ1) is 13.3. The van der Waals surface area contributed by atoms with Crippen molar-refractivity contribution in [2.45, 2.75) is 32.4 Å². The standard InChI is InChI=1S/C20H21ClN4O3/c1-12(2)23-20(27)17-16(8-7-13(3)24-17)19(26)25-15-6-4-5-14(11-15)18(21)28-10-9-22/h4-8,11-12,18H,10H2,1-3H3,(H,23,27)(H,25,26). The lowest BCUT2D eigenvalue weighted by Crippen LogP contribution is -2.33. The number of aromatic nitrogens is 1. The van der Waals surface area contributed by atoms with Gasteiger partial charge in [-0.15, -0.1) is 0 Å². The number of alkyl halides is 1. The predicted octanol–water partition coefficient (Wildman–Crippen LogP) is 3.56. The van der Waals surface area contributed by atoms with Crippen LogP contribution in [0.5, 0.6) is 0 Å². The van der Waals surface area contributed by atoms with Gasteiger partial charge in [-0.25, -0.2) is 4.98 Å². The Hall–Kier alpha value is -2.95. The Balaban J connectivity index is 2.24. The van der Waals surface area contributed by atoms with E-state index in [1.54, 1.807) is 43.3 Å². The largest absolute Gasteiger partial charge is 0.349 e. The highest BCUT2D eigenvalue weighted by molar-refractivity contribution is 6.20. The fourth-order valence-corrected chi connectivity index (χ4v) is 2.60. The summed E-state index contributed by atoms with van der Waals surface area (Å²) in [5.74, 6) is -0.883. The smallest absolute Gasteiger partial charge is 0.270 e. The number of nitrogens with zero attached hydrogens (tertiary/aromatic N) is 2. The predicted molar refractivity (Wildman–Crippen MR) is 106 cm³/mol. The summed E-state index contributed by atoms with van der Waals surface area (Å²) in [6, 6.07) is 11.8. The Morgan fingerprint density at radius 2 is 2.00 bits per heavy atom. The van der Waals surface area contributed by atoms with E-state index in [-0.39, 0.29) is 23.9 Å². The van der Waals surface area contributed by atoms with Crippen LogP contribution < -0.4 is 10.6 Å². The third-order valence-electron chi connectivity index (χ3n) is 3.61. The van der Waals surface area contributed by atoms with E-state index >= 15 is 0 Å². The van der Waals surface area contributed by atoms with Crippen molar-refractivity contribution >= 4 is 29.1 Å². The lowest BCUT2D eigenvalue weighted by atomic mass is 10.1. The Morgan fingerprint density at radius 3 is 2.68 bits per heavy atom. The van der Waals surface area contributed by atoms with Crippen LogP contribution in [0.2, 0.25) is 0 Å². The topological polar surface area (TPSA) is 104 Å². The van der Waals surface area contributed by atoms with Crippen molar-refractivity contribution in [3.8, 4) is 6.07 Å². The molecule has 0 aliphatic rings. The molecule has 2 N–H and O–H groups in total. The van der Waals surface area contributed by atoms with Crippen LogP contribution in [0, 0.1) is 18.3 Å². The fraction of sp³-hybridized carbons (Fsp3) is 0.300. The Bertz CT molecular complexity index is 909. The van der Waals surface area contributed by atoms with E-state index in [0.717, 1.165) is 0 Å². The zero-order valence-corrected chi connectivity index (χ0v) is 16.6. The van der Waals surface area contributed by atoms with Gasteiger partial charge >= 0.3 is 0 Å². The van der Waals surface area contributed by atoms with Crippen LogP contribution in [0.25, 0.3) is 0 Å². The zero-order valence-electron chi connectivity index (χ0n) is 15.8. The van der Waals surface area contributed by atoms with Crippen LogP contribution in [0.3, 0.4) is 0 Å². The lowest BCUT2D eigenvalue weighted by molar-refractivity contribution is 0.0925. The summed E-state index contributed by atoms with van der Waals surface area (Å²) in [5.41, 5.74) is 1.11. The molecule has 146 valence electrons. The van der Waals surface area contributed by atoms with Gasteiger partial charge in [0.15, 0.2) is 5.56 Å². The maximum Gasteiger partial charge on any atom is 0.270 e. The fourth-order valence-electron chi connectivity index (χ4n) is 2.41. The number of amides is 2. The second kappa shape index (κ2) is 9.83. The molecule has 1 aromatic heterocycles. The minimum Gasteiger partial charge on any atom is -0.349 e. The molecule has 0 spiro atoms. The number of rotatable bonds is 7. The summed E-state index contributed by atoms with van der Waals surface area (Å²) in [6.45, 7) is 5.26. The molecule has 28 heavy (non-hydrogen) atoms. The van der Waals surface area contributed by atoms with Crippen molar-refractivity contribution in [2.75, 3.05) is 11.9 Å². The average molecular weight is 401 g/mol. The number of carbonyl (C=O) groups excluding carboxylic acids is 2. The first-order valence-electron chi connectivity index (χ1n) is 8.64. The maximum atomic E-state index is 12.8. The summed E-state index contributed by atoms with van der Waals surface area (Å²) >= 11 is 6.09. The molecule has 0 bridgehead atoms. The van der Waals surface area contributed by atoms with Crippen LogP contribution in [0.15, 0.2) is 36.4 Å². The van der Waals surface area contributed by atoms with Crippen molar-refractivity contribution in [1.82, 2.24) is 10.3 Å². The molecule has 8 heteroatoms. The van der Waals surface area contributed by atoms with Crippen molar-refractivity contribution < 1.29 is 14.3 Å². The number of nitriles is 1. The molecular weight excluding hydrogens is 380 g/mol. The van der Waals surface area contributed by atoms with Crippen molar-refractivity contribution in [3.63, 3.8) is 0 Å². The number of anilines is 1. The van der Waals surface area contributed by atoms with Gasteiger partial charge in [-0.1, -0.05) is 23.7 Å². The van der Waals surface area contributed by atoms with Gasteiger partial charge in [0, 0.05) is 17.4 Å². The molecule has 2 aromatic rings. The SMILES string of the molecule is Cc1ccc(C(=O)Nc2cccc(C(Cl)OCC#N)c2)c(C(=O)NC(C)C)n1. The summed E-state index contributed by atoms with van der Waals surface area (Å²) in [4.78, 5) is 29.4. The van der Waals surface area contributed by atoms with Crippen LogP contribution in [0.1, 0.15) is 51.5 Å². The van der Waals surface area contributed by atoms with Gasteiger partial charge in [-0.05, 0) is 50.6 Å². The highest BCUT2D eigenvalue weighted by atomic mass is 35.5. The quantitative estimate of drug-likeness (QED) is 0.691. The Kier molecular flexibility index (Phi) is 7.50. The number of benzene rings is 1. The van der Waals surface area contributed by atoms with Gasteiger partial charge in [0.2, 0.25) is 0 Å². The first kappa shape index (κ1) is 21.4. The van der Waals surface area contributed by atoms with E-state index in [0.29, 0.717) is 16.9 Å². The number of halogens is 1. The summed E-state index contributed by atoms with van der Waals surface area (Å²) in [7, 11) is 0. The first-order valence-corrected chi connectivity index (χ1v) is 9.08. The number of pyridine rings is 1. The number of hydrogen-bond donors (Lipinski definition) is 2. The highest BCUT2D eigenvalue weighted by Gasteiger charge is 2.20. The Labute approximate surface area is 168 Å². The molecular formula is C20H21ClN4O3. The summed E-state index contributed by atoms with van der Waals surface area (Å²) < 4.78 is 5.15. The van der Waals surface area contributed by atoms with Crippen molar-refractivity contribution in [3.05, 3.63) is 58.9 Å². The van der Waals surface area contributed by atoms with E-state index in [1.807, 2.05) is 19.9 Å². The van der Waals surface area contributed by atoms with E-state index in [9.17, 15) is 9.59 Å². The summed E-state index contributed by atoms with van der Waals surface area (Å²) in [5, 5.41) is 14.1. The molecule has 1 atom stereocenters. The van der Waals surface area contributed by atoms with Gasteiger partial charge in [-0.3, -0.25) is 9.59 Å². The van der Waals surface area contributed by atoms with Crippen LogP contribution in [-0.2, 0) is 4.74 Å². The van der Waals surface area contributed by atoms with E-state index < -0.39 is 17.4 Å². The molecule has 0 radical (unpaired) electrons. The number of carbonyl (C=O) groups is 2. The molecule has 0 saturated carbocycles. The zero-order chi connectivity index (χ0) is 20.7. The molecule has 0 aliphatic heterocycles. The van der Waals surface area contributed by atoms with Crippen molar-refractivity contribution in [1.29, 1.82) is 5.26 Å². The molecule has 0 fully saturated rings. The molecule has 2 rings (SSSR count). The third kappa shape index (κ3) is 5.78. The molecule has 1 unspecified atom stereocenters. The van der Waals surface area contributed by atoms with E-state index in [2.05, 4.69) is 15.6 Å². The van der Waals surface area contributed by atoms with Gasteiger partial charge in [0.1, 0.15) is 12.3 Å². The monoisotopic (exact) mass is 400 g/mol. The number of hydrogen-bond acceptors (Lipinski definition) is 5. The van der Waals surface area contributed by atoms with E-state index in [4.69, 9.17) is 21.6 Å². The maximum absolute atomic E-state index is 12.8. The molecule has 7 nitrogen and oxygen atoms in total. The number of ether oxygens (including phenoxy) is 1. The second-order valence-electron chi connectivity index (χ2n) is 6.34. The molecule has 0 aliphatic carbocycles. The Morgan fingerprint density at radius 1 is 1.25 bits per heavy atom.